The lowest BCUT2D eigenvalue weighted by Gasteiger charge is -1.99. The van der Waals surface area contributed by atoms with E-state index in [9.17, 15) is 4.79 Å². The fourth-order valence-corrected chi connectivity index (χ4v) is 1.76. The summed E-state index contributed by atoms with van der Waals surface area (Å²) in [5.74, 6) is 0.454. The third kappa shape index (κ3) is 3.49. The molecule has 0 saturated carbocycles. The van der Waals surface area contributed by atoms with Crippen molar-refractivity contribution in [1.82, 2.24) is 0 Å². The molecule has 0 N–H and O–H groups in total. The molecule has 0 amide bonds. The Labute approximate surface area is 99.5 Å². The zero-order valence-electron chi connectivity index (χ0n) is 9.31. The van der Waals surface area contributed by atoms with Gasteiger partial charge in [0, 0.05) is 5.57 Å². The lowest BCUT2D eigenvalue weighted by Crippen LogP contribution is -1.93. The molecule has 0 unspecified atom stereocenters. The predicted octanol–water partition coefficient (Wildman–Crippen LogP) is 4.07. The van der Waals surface area contributed by atoms with E-state index in [0.717, 1.165) is 17.8 Å². The molecule has 0 fully saturated rings. The van der Waals surface area contributed by atoms with E-state index in [1.54, 1.807) is 0 Å². The first-order valence-electron chi connectivity index (χ1n) is 5.46. The number of hydrogen-bond acceptors (Lipinski definition) is 2. The van der Waals surface area contributed by atoms with E-state index in [0.29, 0.717) is 4.48 Å². The number of halogens is 1. The number of rotatable bonds is 5. The first kappa shape index (κ1) is 12.5. The first-order chi connectivity index (χ1) is 7.16. The fraction of sp³-hybridized carbons (Fsp3) is 0.583. The highest BCUT2D eigenvalue weighted by Gasteiger charge is 2.24. The van der Waals surface area contributed by atoms with Crippen LogP contribution in [0.2, 0.25) is 0 Å². The molecular formula is C12H17BrO2. The highest BCUT2D eigenvalue weighted by Crippen LogP contribution is 2.29. The van der Waals surface area contributed by atoms with Crippen molar-refractivity contribution in [2.45, 2.75) is 46.0 Å². The van der Waals surface area contributed by atoms with Crippen molar-refractivity contribution >= 4 is 21.9 Å². The van der Waals surface area contributed by atoms with E-state index in [-0.39, 0.29) is 5.97 Å². The molecule has 0 bridgehead atoms. The van der Waals surface area contributed by atoms with Crippen LogP contribution >= 0.6 is 15.9 Å². The van der Waals surface area contributed by atoms with Gasteiger partial charge in [-0.15, -0.1) is 0 Å². The Morgan fingerprint density at radius 1 is 1.33 bits per heavy atom. The Morgan fingerprint density at radius 3 is 2.60 bits per heavy atom. The van der Waals surface area contributed by atoms with Crippen LogP contribution in [0.5, 0.6) is 0 Å². The minimum Gasteiger partial charge on any atom is -0.423 e. The van der Waals surface area contributed by atoms with Crippen LogP contribution < -0.4 is 0 Å². The molecular weight excluding hydrogens is 256 g/mol. The number of allylic oxidation sites excluding steroid dienone is 2. The van der Waals surface area contributed by atoms with Crippen LogP contribution in [0.25, 0.3) is 0 Å². The highest BCUT2D eigenvalue weighted by atomic mass is 79.9. The van der Waals surface area contributed by atoms with E-state index in [1.165, 1.54) is 25.7 Å². The van der Waals surface area contributed by atoms with Gasteiger partial charge >= 0.3 is 5.97 Å². The topological polar surface area (TPSA) is 26.3 Å². The number of carbonyl (C=O) groups excluding carboxylic acids is 1. The van der Waals surface area contributed by atoms with Crippen molar-refractivity contribution in [3.8, 4) is 0 Å². The van der Waals surface area contributed by atoms with E-state index < -0.39 is 0 Å². The van der Waals surface area contributed by atoms with Gasteiger partial charge in [-0.2, -0.15) is 0 Å². The molecule has 0 spiro atoms. The van der Waals surface area contributed by atoms with Crippen LogP contribution in [0.4, 0.5) is 0 Å². The quantitative estimate of drug-likeness (QED) is 0.557. The van der Waals surface area contributed by atoms with Gasteiger partial charge in [0.05, 0.1) is 0 Å². The minimum absolute atomic E-state index is 0.271. The average molecular weight is 273 g/mol. The largest absolute Gasteiger partial charge is 0.423 e. The fourth-order valence-electron chi connectivity index (χ4n) is 1.48. The Kier molecular flexibility index (Phi) is 5.09. The second-order valence-corrected chi connectivity index (χ2v) is 4.54. The molecule has 0 saturated heterocycles. The smallest absolute Gasteiger partial charge is 0.351 e. The minimum atomic E-state index is -0.271. The van der Waals surface area contributed by atoms with Gasteiger partial charge in [0.15, 0.2) is 0 Å². The summed E-state index contributed by atoms with van der Waals surface area (Å²) in [4.78, 5) is 11.2. The number of unbranched alkanes of at least 4 members (excludes halogenated alkanes) is 4. The lowest BCUT2D eigenvalue weighted by atomic mass is 10.1. The van der Waals surface area contributed by atoms with Crippen molar-refractivity contribution < 1.29 is 9.53 Å². The molecule has 1 rings (SSSR count). The van der Waals surface area contributed by atoms with Crippen LogP contribution in [-0.2, 0) is 9.53 Å². The Bertz CT molecular complexity index is 303. The summed E-state index contributed by atoms with van der Waals surface area (Å²) >= 11 is 3.21. The maximum Gasteiger partial charge on any atom is 0.351 e. The summed E-state index contributed by atoms with van der Waals surface area (Å²) in [7, 11) is 0. The predicted molar refractivity (Wildman–Crippen MR) is 64.6 cm³/mol. The normalized spacial score (nSPS) is 18.9. The van der Waals surface area contributed by atoms with E-state index in [2.05, 4.69) is 22.9 Å². The van der Waals surface area contributed by atoms with Crippen LogP contribution in [0.3, 0.4) is 0 Å². The molecule has 0 aromatic rings. The van der Waals surface area contributed by atoms with Crippen LogP contribution in [0, 0.1) is 0 Å². The number of hydrogen-bond donors (Lipinski definition) is 0. The molecule has 0 atom stereocenters. The number of ether oxygens (including phenoxy) is 1. The van der Waals surface area contributed by atoms with Crippen LogP contribution in [0.15, 0.2) is 21.9 Å². The monoisotopic (exact) mass is 272 g/mol. The molecule has 84 valence electrons. The highest BCUT2D eigenvalue weighted by molar-refractivity contribution is 9.12. The lowest BCUT2D eigenvalue weighted by molar-refractivity contribution is -0.132. The summed E-state index contributed by atoms with van der Waals surface area (Å²) < 4.78 is 5.65. The van der Waals surface area contributed by atoms with E-state index in [1.807, 2.05) is 13.0 Å². The van der Waals surface area contributed by atoms with E-state index in [4.69, 9.17) is 4.74 Å². The van der Waals surface area contributed by atoms with Crippen LogP contribution in [0.1, 0.15) is 46.0 Å². The zero-order valence-corrected chi connectivity index (χ0v) is 10.9. The zero-order chi connectivity index (χ0) is 11.3. The Balaban J connectivity index is 2.39. The third-order valence-corrected chi connectivity index (χ3v) is 3.39. The summed E-state index contributed by atoms with van der Waals surface area (Å²) in [5.41, 5.74) is 0.912. The van der Waals surface area contributed by atoms with Gasteiger partial charge in [0.1, 0.15) is 10.2 Å². The maximum absolute atomic E-state index is 11.2. The van der Waals surface area contributed by atoms with E-state index >= 15 is 0 Å². The molecule has 2 nitrogen and oxygen atoms in total. The summed E-state index contributed by atoms with van der Waals surface area (Å²) in [6, 6.07) is 0. The summed E-state index contributed by atoms with van der Waals surface area (Å²) in [5, 5.41) is 0. The standard InChI is InChI=1S/C12H17BrO2/c1-3-4-5-6-7-8-10-9(2)11(13)12(14)15-10/h8H,3-7H2,1-2H3/b10-8-. The van der Waals surface area contributed by atoms with Crippen molar-refractivity contribution in [3.63, 3.8) is 0 Å². The van der Waals surface area contributed by atoms with Gasteiger partial charge in [-0.1, -0.05) is 26.2 Å². The van der Waals surface area contributed by atoms with Gasteiger partial charge in [-0.05, 0) is 41.8 Å². The SMILES string of the molecule is CCCCCC/C=C1\OC(=O)C(Br)=C1C. The Hall–Kier alpha value is -0.570. The molecule has 1 aliphatic rings. The average Bonchev–Trinajstić information content (AvgIpc) is 2.46. The molecule has 1 aliphatic heterocycles. The van der Waals surface area contributed by atoms with Gasteiger partial charge in [-0.25, -0.2) is 4.79 Å². The molecule has 3 heteroatoms. The van der Waals surface area contributed by atoms with Gasteiger partial charge in [0.25, 0.3) is 0 Å². The molecule has 0 aromatic carbocycles. The second-order valence-electron chi connectivity index (χ2n) is 3.75. The first-order valence-corrected chi connectivity index (χ1v) is 6.25. The van der Waals surface area contributed by atoms with Gasteiger partial charge in [0.2, 0.25) is 0 Å². The number of cyclic esters (lactones) is 1. The number of esters is 1. The number of carbonyl (C=O) groups is 1. The van der Waals surface area contributed by atoms with Gasteiger partial charge < -0.3 is 4.74 Å². The van der Waals surface area contributed by atoms with Crippen molar-refractivity contribution in [1.29, 1.82) is 0 Å². The van der Waals surface area contributed by atoms with Gasteiger partial charge in [-0.3, -0.25) is 0 Å². The maximum atomic E-state index is 11.2. The van der Waals surface area contributed by atoms with Crippen molar-refractivity contribution in [3.05, 3.63) is 21.9 Å². The molecule has 0 radical (unpaired) electrons. The summed E-state index contributed by atoms with van der Waals surface area (Å²) in [6.45, 7) is 4.09. The molecule has 0 aromatic heterocycles. The molecule has 1 heterocycles. The summed E-state index contributed by atoms with van der Waals surface area (Å²) in [6.07, 6.45) is 7.94. The van der Waals surface area contributed by atoms with Crippen LogP contribution in [-0.4, -0.2) is 5.97 Å². The molecule has 0 aliphatic carbocycles. The van der Waals surface area contributed by atoms with Crippen molar-refractivity contribution in [2.24, 2.45) is 0 Å². The second kappa shape index (κ2) is 6.11. The third-order valence-electron chi connectivity index (χ3n) is 2.47. The van der Waals surface area contributed by atoms with Crippen molar-refractivity contribution in [2.75, 3.05) is 0 Å². The molecule has 15 heavy (non-hydrogen) atoms. The Morgan fingerprint density at radius 2 is 2.07 bits per heavy atom.